The van der Waals surface area contributed by atoms with Crippen molar-refractivity contribution in [2.45, 2.75) is 19.8 Å². The molecule has 3 nitrogen and oxygen atoms in total. The second-order valence-corrected chi connectivity index (χ2v) is 3.05. The third-order valence-electron chi connectivity index (χ3n) is 2.23. The van der Waals surface area contributed by atoms with Crippen molar-refractivity contribution in [3.63, 3.8) is 0 Å². The summed E-state index contributed by atoms with van der Waals surface area (Å²) in [6.45, 7) is 4.04. The molecule has 1 N–H and O–H groups in total. The molecule has 0 saturated carbocycles. The molecule has 1 saturated heterocycles. The van der Waals surface area contributed by atoms with Crippen LogP contribution in [0.3, 0.4) is 0 Å². The Morgan fingerprint density at radius 3 is 2.62 bits per heavy atom. The molecular formula is C8H15N2ORuW. The number of likely N-dealkylation sites (tertiary alicyclic amines) is 1. The molecule has 13 heavy (non-hydrogen) atoms. The Kier molecular flexibility index (Phi) is 10.1. The van der Waals surface area contributed by atoms with Crippen molar-refractivity contribution < 1.29 is 45.3 Å². The van der Waals surface area contributed by atoms with Gasteiger partial charge in [0.2, 0.25) is 5.91 Å². The number of rotatable bonds is 2. The van der Waals surface area contributed by atoms with Gasteiger partial charge in [0.05, 0.1) is 0 Å². The number of nitrogens with zero attached hydrogens (tertiary/aromatic N) is 1. The molecule has 5 heteroatoms. The van der Waals surface area contributed by atoms with Gasteiger partial charge in [-0.1, -0.05) is 6.92 Å². The summed E-state index contributed by atoms with van der Waals surface area (Å²) in [7, 11) is 0. The van der Waals surface area contributed by atoms with E-state index in [9.17, 15) is 4.79 Å². The number of carbonyl (C=O) groups excluding carboxylic acids is 1. The third-order valence-corrected chi connectivity index (χ3v) is 2.23. The monoisotopic (exact) mass is 441 g/mol. The van der Waals surface area contributed by atoms with Gasteiger partial charge in [-0.05, 0) is 12.3 Å². The maximum Gasteiger partial charge on any atom is 1.00 e. The fraction of sp³-hybridized carbons (Fsp3) is 0.875. The van der Waals surface area contributed by atoms with Crippen LogP contribution in [-0.4, -0.2) is 30.4 Å². The van der Waals surface area contributed by atoms with Crippen molar-refractivity contribution >= 4 is 5.91 Å². The van der Waals surface area contributed by atoms with Gasteiger partial charge < -0.3 is 10.6 Å². The van der Waals surface area contributed by atoms with E-state index in [1.54, 1.807) is 0 Å². The molecule has 1 radical (unpaired) electrons. The van der Waals surface area contributed by atoms with E-state index >= 15 is 0 Å². The van der Waals surface area contributed by atoms with Crippen molar-refractivity contribution in [1.82, 2.24) is 4.90 Å². The van der Waals surface area contributed by atoms with Crippen LogP contribution in [0.2, 0.25) is 0 Å². The standard InChI is InChI=1S/C8H15N2O.Ru.W/c1-2-8(11)10-4-3-7(5-9)6-10;;/h7,9H,2-6H2,1H3;;/q-1;+1;. The first kappa shape index (κ1) is 16.2. The van der Waals surface area contributed by atoms with Crippen LogP contribution in [0.1, 0.15) is 19.8 Å². The molecule has 1 aliphatic heterocycles. The molecule has 1 fully saturated rings. The Hall–Kier alpha value is 0.742. The maximum atomic E-state index is 11.1. The van der Waals surface area contributed by atoms with E-state index in [1.165, 1.54) is 0 Å². The Bertz CT molecular complexity index is 157. The summed E-state index contributed by atoms with van der Waals surface area (Å²) in [5.74, 6) is 0.673. The maximum absolute atomic E-state index is 11.1. The molecule has 1 heterocycles. The topological polar surface area (TPSA) is 44.1 Å². The number of nitrogens with one attached hydrogen (secondary N) is 1. The van der Waals surface area contributed by atoms with Gasteiger partial charge >= 0.3 is 19.5 Å². The van der Waals surface area contributed by atoms with Crippen LogP contribution >= 0.6 is 0 Å². The second kappa shape index (κ2) is 8.08. The van der Waals surface area contributed by atoms with Crippen LogP contribution in [0.4, 0.5) is 0 Å². The third kappa shape index (κ3) is 4.67. The molecule has 0 aromatic carbocycles. The SMILES string of the molecule is CCC(=O)N1CCC(C[NH-])C1.[Ru+].[W]. The molecule has 0 bridgehead atoms. The summed E-state index contributed by atoms with van der Waals surface area (Å²) in [5, 5.41) is 0. The van der Waals surface area contributed by atoms with Crippen LogP contribution in [0.25, 0.3) is 5.73 Å². The van der Waals surface area contributed by atoms with Gasteiger partial charge in [-0.3, -0.25) is 4.79 Å². The van der Waals surface area contributed by atoms with Gasteiger partial charge in [0.15, 0.2) is 0 Å². The first-order chi connectivity index (χ1) is 5.27. The number of carbonyl (C=O) groups is 1. The second-order valence-electron chi connectivity index (χ2n) is 3.05. The molecule has 0 aliphatic carbocycles. The summed E-state index contributed by atoms with van der Waals surface area (Å²) in [4.78, 5) is 13.0. The molecule has 1 aliphatic rings. The molecule has 1 unspecified atom stereocenters. The summed E-state index contributed by atoms with van der Waals surface area (Å²) in [5.41, 5.74) is 7.15. The predicted molar refractivity (Wildman–Crippen MR) is 44.2 cm³/mol. The minimum atomic E-state index is 0. The zero-order valence-electron chi connectivity index (χ0n) is 7.73. The van der Waals surface area contributed by atoms with Crippen LogP contribution in [0, 0.1) is 5.92 Å². The van der Waals surface area contributed by atoms with E-state index in [0.717, 1.165) is 19.5 Å². The molecule has 1 atom stereocenters. The Morgan fingerprint density at radius 1 is 1.62 bits per heavy atom. The minimum absolute atomic E-state index is 0. The van der Waals surface area contributed by atoms with E-state index in [0.29, 0.717) is 18.9 Å². The van der Waals surface area contributed by atoms with E-state index in [-0.39, 0.29) is 46.5 Å². The van der Waals surface area contributed by atoms with Gasteiger partial charge in [-0.15, -0.1) is 6.54 Å². The first-order valence-corrected chi connectivity index (χ1v) is 4.20. The van der Waals surface area contributed by atoms with Gasteiger partial charge in [0.25, 0.3) is 0 Å². The van der Waals surface area contributed by atoms with Gasteiger partial charge in [0.1, 0.15) is 0 Å². The Morgan fingerprint density at radius 2 is 2.23 bits per heavy atom. The average molecular weight is 440 g/mol. The number of amides is 1. The normalized spacial score (nSPS) is 20.5. The molecule has 0 spiro atoms. The van der Waals surface area contributed by atoms with Gasteiger partial charge in [-0.2, -0.15) is 0 Å². The molecule has 0 aromatic heterocycles. The Balaban J connectivity index is 0. The first-order valence-electron chi connectivity index (χ1n) is 4.20. The quantitative estimate of drug-likeness (QED) is 0.598. The van der Waals surface area contributed by atoms with Crippen molar-refractivity contribution in [2.24, 2.45) is 5.92 Å². The van der Waals surface area contributed by atoms with Crippen molar-refractivity contribution in [2.75, 3.05) is 19.6 Å². The Labute approximate surface area is 107 Å². The van der Waals surface area contributed by atoms with Crippen molar-refractivity contribution in [3.8, 4) is 0 Å². The zero-order valence-corrected chi connectivity index (χ0v) is 12.4. The van der Waals surface area contributed by atoms with E-state index < -0.39 is 0 Å². The predicted octanol–water partition coefficient (Wildman–Crippen LogP) is 1.29. The molecule has 77 valence electrons. The average Bonchev–Trinajstić information content (AvgIpc) is 2.50. The molecule has 1 amide bonds. The van der Waals surface area contributed by atoms with Crippen LogP contribution < -0.4 is 0 Å². The van der Waals surface area contributed by atoms with Crippen LogP contribution in [0.15, 0.2) is 0 Å². The molecule has 0 aromatic rings. The summed E-state index contributed by atoms with van der Waals surface area (Å²) >= 11 is 0. The summed E-state index contributed by atoms with van der Waals surface area (Å²) in [6.07, 6.45) is 1.62. The fourth-order valence-electron chi connectivity index (χ4n) is 1.45. The molecule has 1 rings (SSSR count). The minimum Gasteiger partial charge on any atom is -0.677 e. The zero-order chi connectivity index (χ0) is 8.27. The van der Waals surface area contributed by atoms with Crippen molar-refractivity contribution in [1.29, 1.82) is 0 Å². The number of hydrogen-bond acceptors (Lipinski definition) is 1. The summed E-state index contributed by atoms with van der Waals surface area (Å²) in [6, 6.07) is 0. The van der Waals surface area contributed by atoms with Crippen LogP contribution in [0.5, 0.6) is 0 Å². The number of hydrogen-bond donors (Lipinski definition) is 0. The van der Waals surface area contributed by atoms with E-state index in [2.05, 4.69) is 0 Å². The van der Waals surface area contributed by atoms with Gasteiger partial charge in [0, 0.05) is 40.6 Å². The summed E-state index contributed by atoms with van der Waals surface area (Å²) < 4.78 is 0. The fourth-order valence-corrected chi connectivity index (χ4v) is 1.45. The molecular weight excluding hydrogens is 425 g/mol. The van der Waals surface area contributed by atoms with E-state index in [4.69, 9.17) is 5.73 Å². The largest absolute Gasteiger partial charge is 1.00 e. The van der Waals surface area contributed by atoms with Gasteiger partial charge in [-0.25, -0.2) is 0 Å². The van der Waals surface area contributed by atoms with E-state index in [1.807, 2.05) is 11.8 Å². The van der Waals surface area contributed by atoms with Crippen molar-refractivity contribution in [3.05, 3.63) is 5.73 Å². The smallest absolute Gasteiger partial charge is 0.677 e. The van der Waals surface area contributed by atoms with Crippen LogP contribution in [-0.2, 0) is 45.3 Å².